The van der Waals surface area contributed by atoms with E-state index in [4.69, 9.17) is 4.74 Å². The van der Waals surface area contributed by atoms with Crippen molar-refractivity contribution >= 4 is 0 Å². The van der Waals surface area contributed by atoms with Gasteiger partial charge >= 0.3 is 0 Å². The summed E-state index contributed by atoms with van der Waals surface area (Å²) in [6, 6.07) is 0. The van der Waals surface area contributed by atoms with Crippen LogP contribution in [0, 0.1) is 12.5 Å². The first kappa shape index (κ1) is 3.90. The third-order valence-electron chi connectivity index (χ3n) is 1.63. The molecular formula is C6H8O. The second-order valence-corrected chi connectivity index (χ2v) is 2.17. The summed E-state index contributed by atoms with van der Waals surface area (Å²) in [7, 11) is 0. The van der Waals surface area contributed by atoms with Gasteiger partial charge in [0.25, 0.3) is 0 Å². The maximum absolute atomic E-state index is 5.33. The molecule has 0 aromatic heterocycles. The fraction of sp³-hybridized carbons (Fsp3) is 0.667. The second kappa shape index (κ2) is 1.22. The molecule has 2 saturated heterocycles. The van der Waals surface area contributed by atoms with Crippen LogP contribution in [0.15, 0.2) is 0 Å². The summed E-state index contributed by atoms with van der Waals surface area (Å²) in [6.45, 7) is 0. The van der Waals surface area contributed by atoms with Crippen molar-refractivity contribution in [2.45, 2.75) is 25.4 Å². The molecule has 2 radical (unpaired) electrons. The lowest BCUT2D eigenvalue weighted by Gasteiger charge is -1.98. The number of hydrogen-bond acceptors (Lipinski definition) is 1. The highest BCUT2D eigenvalue weighted by molar-refractivity contribution is 5.05. The van der Waals surface area contributed by atoms with E-state index in [-0.39, 0.29) is 0 Å². The van der Waals surface area contributed by atoms with E-state index in [1.807, 2.05) is 0 Å². The fourth-order valence-electron chi connectivity index (χ4n) is 1.21. The first-order valence-corrected chi connectivity index (χ1v) is 2.80. The van der Waals surface area contributed by atoms with E-state index in [0.29, 0.717) is 6.10 Å². The van der Waals surface area contributed by atoms with Gasteiger partial charge in [-0.3, -0.25) is 0 Å². The van der Waals surface area contributed by atoms with Gasteiger partial charge in [-0.25, -0.2) is 0 Å². The van der Waals surface area contributed by atoms with Crippen molar-refractivity contribution in [2.24, 2.45) is 0 Å². The molecule has 1 unspecified atom stereocenters. The Bertz CT molecular complexity index is 62.2. The van der Waals surface area contributed by atoms with E-state index >= 15 is 0 Å². The molecule has 2 heterocycles. The number of fused-ring (bicyclic) bond motifs is 2. The molecule has 1 heteroatoms. The highest BCUT2D eigenvalue weighted by atomic mass is 16.5. The van der Waals surface area contributed by atoms with E-state index in [0.717, 1.165) is 6.42 Å². The van der Waals surface area contributed by atoms with Crippen LogP contribution in [0.1, 0.15) is 19.3 Å². The molecule has 2 bridgehead atoms. The quantitative estimate of drug-likeness (QED) is 0.441. The molecule has 1 atom stereocenters. The van der Waals surface area contributed by atoms with E-state index in [1.54, 1.807) is 0 Å². The van der Waals surface area contributed by atoms with Crippen molar-refractivity contribution in [3.63, 3.8) is 0 Å². The van der Waals surface area contributed by atoms with Crippen molar-refractivity contribution in [1.82, 2.24) is 0 Å². The van der Waals surface area contributed by atoms with Crippen molar-refractivity contribution in [2.75, 3.05) is 0 Å². The van der Waals surface area contributed by atoms with Crippen LogP contribution in [0.25, 0.3) is 0 Å². The molecule has 0 spiro atoms. The summed E-state index contributed by atoms with van der Waals surface area (Å²) >= 11 is 0. The van der Waals surface area contributed by atoms with Crippen LogP contribution >= 0.6 is 0 Å². The SMILES string of the molecule is [CH]1C[C]2CCC1O2. The summed E-state index contributed by atoms with van der Waals surface area (Å²) in [5.41, 5.74) is 0. The maximum Gasteiger partial charge on any atom is 0.0979 e. The minimum Gasteiger partial charge on any atom is -0.368 e. The van der Waals surface area contributed by atoms with E-state index in [9.17, 15) is 0 Å². The third-order valence-corrected chi connectivity index (χ3v) is 1.63. The van der Waals surface area contributed by atoms with E-state index in [2.05, 4.69) is 6.42 Å². The zero-order valence-corrected chi connectivity index (χ0v) is 4.18. The van der Waals surface area contributed by atoms with Gasteiger partial charge in [-0.05, 0) is 25.7 Å². The Balaban J connectivity index is 2.12. The van der Waals surface area contributed by atoms with E-state index in [1.165, 1.54) is 18.9 Å². The van der Waals surface area contributed by atoms with Crippen molar-refractivity contribution in [3.05, 3.63) is 12.5 Å². The Morgan fingerprint density at radius 2 is 2.71 bits per heavy atom. The first-order valence-electron chi connectivity index (χ1n) is 2.80. The van der Waals surface area contributed by atoms with Crippen LogP contribution in [-0.2, 0) is 4.74 Å². The third kappa shape index (κ3) is 0.480. The Labute approximate surface area is 43.7 Å². The van der Waals surface area contributed by atoms with Crippen LogP contribution in [0.5, 0.6) is 0 Å². The van der Waals surface area contributed by atoms with Gasteiger partial charge in [0.15, 0.2) is 0 Å². The summed E-state index contributed by atoms with van der Waals surface area (Å²) in [5.74, 6) is 0. The Morgan fingerprint density at radius 1 is 1.71 bits per heavy atom. The standard InChI is InChI=1S/C6H8O/c1-2-6-4-3-5(1)7-6/h1,5H,2-4H2. The van der Waals surface area contributed by atoms with Crippen molar-refractivity contribution in [1.29, 1.82) is 0 Å². The molecule has 0 aliphatic carbocycles. The van der Waals surface area contributed by atoms with Crippen LogP contribution < -0.4 is 0 Å². The second-order valence-electron chi connectivity index (χ2n) is 2.17. The van der Waals surface area contributed by atoms with Gasteiger partial charge in [0.1, 0.15) is 0 Å². The normalized spacial score (nSPS) is 32.6. The van der Waals surface area contributed by atoms with Gasteiger partial charge in [-0.15, -0.1) is 0 Å². The lowest BCUT2D eigenvalue weighted by atomic mass is 10.0. The van der Waals surface area contributed by atoms with E-state index < -0.39 is 0 Å². The molecule has 0 aromatic carbocycles. The van der Waals surface area contributed by atoms with Crippen LogP contribution in [-0.4, -0.2) is 6.10 Å². The van der Waals surface area contributed by atoms with Crippen LogP contribution in [0.4, 0.5) is 0 Å². The predicted molar refractivity (Wildman–Crippen MR) is 26.3 cm³/mol. The summed E-state index contributed by atoms with van der Waals surface area (Å²) in [6.07, 6.45) is 7.67. The van der Waals surface area contributed by atoms with Gasteiger partial charge in [-0.2, -0.15) is 0 Å². The Kier molecular flexibility index (Phi) is 0.680. The molecule has 2 aliphatic heterocycles. The summed E-state index contributed by atoms with van der Waals surface area (Å²) < 4.78 is 5.33. The minimum absolute atomic E-state index is 0.509. The molecule has 1 nitrogen and oxygen atoms in total. The lowest BCUT2D eigenvalue weighted by molar-refractivity contribution is 0.179. The average Bonchev–Trinajstić information content (AvgIpc) is 2.22. The Morgan fingerprint density at radius 3 is 2.86 bits per heavy atom. The Hall–Kier alpha value is -0.0400. The zero-order valence-electron chi connectivity index (χ0n) is 4.18. The molecule has 0 amide bonds. The first-order chi connectivity index (χ1) is 3.45. The summed E-state index contributed by atoms with van der Waals surface area (Å²) in [5, 5.41) is 0. The number of hydrogen-bond donors (Lipinski definition) is 0. The van der Waals surface area contributed by atoms with Crippen molar-refractivity contribution in [3.8, 4) is 0 Å². The topological polar surface area (TPSA) is 9.23 Å². The highest BCUT2D eigenvalue weighted by Gasteiger charge is 2.32. The molecular weight excluding hydrogens is 88.1 g/mol. The fourth-order valence-corrected chi connectivity index (χ4v) is 1.21. The molecule has 0 saturated carbocycles. The van der Waals surface area contributed by atoms with Gasteiger partial charge in [0.2, 0.25) is 0 Å². The van der Waals surface area contributed by atoms with Crippen molar-refractivity contribution < 1.29 is 4.74 Å². The number of ether oxygens (including phenoxy) is 1. The zero-order chi connectivity index (χ0) is 4.69. The monoisotopic (exact) mass is 96.1 g/mol. The average molecular weight is 96.1 g/mol. The molecule has 0 N–H and O–H groups in total. The summed E-state index contributed by atoms with van der Waals surface area (Å²) in [4.78, 5) is 0. The molecule has 2 rings (SSSR count). The molecule has 0 aromatic rings. The minimum atomic E-state index is 0.509. The van der Waals surface area contributed by atoms with Gasteiger partial charge in [0.05, 0.1) is 12.2 Å². The highest BCUT2D eigenvalue weighted by Crippen LogP contribution is 2.38. The maximum atomic E-state index is 5.33. The predicted octanol–water partition coefficient (Wildman–Crippen LogP) is 1.31. The number of rotatable bonds is 0. The molecule has 2 aliphatic rings. The molecule has 2 fully saturated rings. The van der Waals surface area contributed by atoms with Crippen LogP contribution in [0.2, 0.25) is 0 Å². The van der Waals surface area contributed by atoms with Gasteiger partial charge < -0.3 is 4.74 Å². The van der Waals surface area contributed by atoms with Gasteiger partial charge in [-0.1, -0.05) is 0 Å². The smallest absolute Gasteiger partial charge is 0.0979 e. The van der Waals surface area contributed by atoms with Gasteiger partial charge in [0, 0.05) is 0 Å². The molecule has 7 heavy (non-hydrogen) atoms. The largest absolute Gasteiger partial charge is 0.368 e. The molecule has 38 valence electrons. The van der Waals surface area contributed by atoms with Crippen LogP contribution in [0.3, 0.4) is 0 Å². The lowest BCUT2D eigenvalue weighted by Crippen LogP contribution is -1.98.